The summed E-state index contributed by atoms with van der Waals surface area (Å²) in [6.45, 7) is 4.25. The van der Waals surface area contributed by atoms with Gasteiger partial charge in [-0.25, -0.2) is 0 Å². The van der Waals surface area contributed by atoms with Gasteiger partial charge in [-0.05, 0) is 42.8 Å². The van der Waals surface area contributed by atoms with Crippen molar-refractivity contribution >= 4 is 16.8 Å². The van der Waals surface area contributed by atoms with Crippen molar-refractivity contribution in [1.29, 1.82) is 5.26 Å². The summed E-state index contributed by atoms with van der Waals surface area (Å²) in [5.74, 6) is 1.48. The lowest BCUT2D eigenvalue weighted by atomic mass is 10.0. The van der Waals surface area contributed by atoms with Crippen LogP contribution in [0.15, 0.2) is 48.5 Å². The number of nitrogens with zero attached hydrogens (tertiary/aromatic N) is 4. The molecule has 1 aliphatic heterocycles. The van der Waals surface area contributed by atoms with E-state index in [9.17, 15) is 10.1 Å². The second kappa shape index (κ2) is 9.25. The van der Waals surface area contributed by atoms with Crippen LogP contribution in [0, 0.1) is 18.3 Å². The molecule has 0 aliphatic carbocycles. The maximum Gasteiger partial charge on any atom is 0.255 e. The zero-order valence-electron chi connectivity index (χ0n) is 18.5. The first-order valence-electron chi connectivity index (χ1n) is 10.6. The molecule has 1 atom stereocenters. The van der Waals surface area contributed by atoms with Gasteiger partial charge in [0, 0.05) is 37.6 Å². The van der Waals surface area contributed by atoms with Gasteiger partial charge < -0.3 is 14.4 Å². The first-order valence-corrected chi connectivity index (χ1v) is 10.6. The maximum absolute atomic E-state index is 13.2. The number of fused-ring (bicyclic) bond motifs is 1. The molecule has 0 saturated carbocycles. The van der Waals surface area contributed by atoms with E-state index in [4.69, 9.17) is 9.47 Å². The van der Waals surface area contributed by atoms with E-state index in [0.717, 1.165) is 28.0 Å². The van der Waals surface area contributed by atoms with Gasteiger partial charge in [0.05, 0.1) is 37.1 Å². The molecule has 7 nitrogen and oxygen atoms in total. The first kappa shape index (κ1) is 21.6. The molecule has 0 spiro atoms. The van der Waals surface area contributed by atoms with Crippen LogP contribution in [0.25, 0.3) is 10.9 Å². The Morgan fingerprint density at radius 3 is 2.28 bits per heavy atom. The summed E-state index contributed by atoms with van der Waals surface area (Å²) in [5.41, 5.74) is 3.05. The molecule has 1 saturated heterocycles. The van der Waals surface area contributed by atoms with Crippen molar-refractivity contribution in [1.82, 2.24) is 14.8 Å². The van der Waals surface area contributed by atoms with Crippen molar-refractivity contribution in [3.05, 3.63) is 65.4 Å². The van der Waals surface area contributed by atoms with Gasteiger partial charge in [-0.15, -0.1) is 0 Å². The number of aromatic nitrogens is 1. The molecule has 1 aliphatic rings. The molecule has 3 aromatic rings. The minimum absolute atomic E-state index is 0.0228. The van der Waals surface area contributed by atoms with Crippen LogP contribution < -0.4 is 9.47 Å². The highest BCUT2D eigenvalue weighted by Crippen LogP contribution is 2.26. The Hall–Kier alpha value is -3.63. The molecular weight excluding hydrogens is 404 g/mol. The predicted octanol–water partition coefficient (Wildman–Crippen LogP) is 3.58. The molecule has 164 valence electrons. The van der Waals surface area contributed by atoms with Crippen LogP contribution >= 0.6 is 0 Å². The molecule has 1 amide bonds. The minimum Gasteiger partial charge on any atom is -0.497 e. The number of aryl methyl sites for hydroxylation is 1. The number of amides is 1. The summed E-state index contributed by atoms with van der Waals surface area (Å²) >= 11 is 0. The fourth-order valence-electron chi connectivity index (χ4n) is 4.09. The SMILES string of the molecule is COc1ccc(C(C#N)N2CCN(C(=O)c3cc4ccc(OC)cc4nc3C)CC2)cc1. The van der Waals surface area contributed by atoms with Crippen LogP contribution in [0.2, 0.25) is 0 Å². The molecule has 2 heterocycles. The lowest BCUT2D eigenvalue weighted by molar-refractivity contribution is 0.0605. The van der Waals surface area contributed by atoms with E-state index in [0.29, 0.717) is 37.4 Å². The Bertz CT molecular complexity index is 1160. The highest BCUT2D eigenvalue weighted by Gasteiger charge is 2.28. The van der Waals surface area contributed by atoms with E-state index >= 15 is 0 Å². The lowest BCUT2D eigenvalue weighted by Crippen LogP contribution is -2.49. The smallest absolute Gasteiger partial charge is 0.255 e. The van der Waals surface area contributed by atoms with Gasteiger partial charge in [0.25, 0.3) is 5.91 Å². The third kappa shape index (κ3) is 4.23. The highest BCUT2D eigenvalue weighted by molar-refractivity contribution is 5.98. The van der Waals surface area contributed by atoms with Crippen molar-refractivity contribution in [3.8, 4) is 17.6 Å². The Kier molecular flexibility index (Phi) is 6.24. The molecule has 0 bridgehead atoms. The van der Waals surface area contributed by atoms with Crippen molar-refractivity contribution in [2.45, 2.75) is 13.0 Å². The van der Waals surface area contributed by atoms with E-state index in [1.807, 2.05) is 60.4 Å². The maximum atomic E-state index is 13.2. The van der Waals surface area contributed by atoms with Gasteiger partial charge in [0.2, 0.25) is 0 Å². The number of hydrogen-bond donors (Lipinski definition) is 0. The van der Waals surface area contributed by atoms with Gasteiger partial charge in [-0.2, -0.15) is 5.26 Å². The van der Waals surface area contributed by atoms with Crippen LogP contribution in [0.5, 0.6) is 11.5 Å². The van der Waals surface area contributed by atoms with Gasteiger partial charge >= 0.3 is 0 Å². The average molecular weight is 431 g/mol. The molecule has 1 unspecified atom stereocenters. The van der Waals surface area contributed by atoms with Gasteiger partial charge in [-0.1, -0.05) is 12.1 Å². The zero-order chi connectivity index (χ0) is 22.7. The van der Waals surface area contributed by atoms with Crippen molar-refractivity contribution in [2.75, 3.05) is 40.4 Å². The average Bonchev–Trinajstić information content (AvgIpc) is 2.84. The van der Waals surface area contributed by atoms with Gasteiger partial charge in [0.15, 0.2) is 0 Å². The normalized spacial score (nSPS) is 15.2. The predicted molar refractivity (Wildman–Crippen MR) is 122 cm³/mol. The van der Waals surface area contributed by atoms with Crippen molar-refractivity contribution < 1.29 is 14.3 Å². The van der Waals surface area contributed by atoms with Crippen molar-refractivity contribution in [2.24, 2.45) is 0 Å². The first-order chi connectivity index (χ1) is 15.5. The fraction of sp³-hybridized carbons (Fsp3) is 0.320. The van der Waals surface area contributed by atoms with Crippen LogP contribution in [0.4, 0.5) is 0 Å². The summed E-state index contributed by atoms with van der Waals surface area (Å²) in [7, 11) is 3.24. The van der Waals surface area contributed by atoms with E-state index in [1.54, 1.807) is 14.2 Å². The fourth-order valence-corrected chi connectivity index (χ4v) is 4.09. The summed E-state index contributed by atoms with van der Waals surface area (Å²) in [5, 5.41) is 10.7. The third-order valence-corrected chi connectivity index (χ3v) is 5.97. The van der Waals surface area contributed by atoms with E-state index in [2.05, 4.69) is 16.0 Å². The van der Waals surface area contributed by atoms with Crippen molar-refractivity contribution in [3.63, 3.8) is 0 Å². The van der Waals surface area contributed by atoms with Crippen LogP contribution in [0.3, 0.4) is 0 Å². The summed E-state index contributed by atoms with van der Waals surface area (Å²) < 4.78 is 10.5. The number of carbonyl (C=O) groups is 1. The standard InChI is InChI=1S/C25H26N4O3/c1-17-22(14-19-6-9-21(32-3)15-23(19)27-17)25(30)29-12-10-28(11-13-29)24(16-26)18-4-7-20(31-2)8-5-18/h4-9,14-15,24H,10-13H2,1-3H3. The molecular formula is C25H26N4O3. The number of pyridine rings is 1. The summed E-state index contributed by atoms with van der Waals surface area (Å²) in [6.07, 6.45) is 0. The number of piperazine rings is 1. The molecule has 7 heteroatoms. The monoisotopic (exact) mass is 430 g/mol. The quantitative estimate of drug-likeness (QED) is 0.616. The minimum atomic E-state index is -0.350. The van der Waals surface area contributed by atoms with E-state index in [-0.39, 0.29) is 11.9 Å². The molecule has 0 radical (unpaired) electrons. The highest BCUT2D eigenvalue weighted by atomic mass is 16.5. The number of rotatable bonds is 5. The van der Waals surface area contributed by atoms with Gasteiger partial charge in [-0.3, -0.25) is 14.7 Å². The van der Waals surface area contributed by atoms with E-state index < -0.39 is 0 Å². The van der Waals surface area contributed by atoms with Crippen LogP contribution in [0.1, 0.15) is 27.7 Å². The lowest BCUT2D eigenvalue weighted by Gasteiger charge is -2.37. The van der Waals surface area contributed by atoms with Gasteiger partial charge in [0.1, 0.15) is 17.5 Å². The van der Waals surface area contributed by atoms with E-state index in [1.165, 1.54) is 0 Å². The Labute approximate surface area is 187 Å². The Morgan fingerprint density at radius 2 is 1.66 bits per heavy atom. The molecule has 2 aromatic carbocycles. The number of nitriles is 1. The Balaban J connectivity index is 1.47. The molecule has 1 fully saturated rings. The number of ether oxygens (including phenoxy) is 2. The number of benzene rings is 2. The second-order valence-electron chi connectivity index (χ2n) is 7.81. The summed E-state index contributed by atoms with van der Waals surface area (Å²) in [4.78, 5) is 21.8. The molecule has 1 aromatic heterocycles. The molecule has 32 heavy (non-hydrogen) atoms. The third-order valence-electron chi connectivity index (χ3n) is 5.97. The van der Waals surface area contributed by atoms with Crippen LogP contribution in [-0.4, -0.2) is 61.1 Å². The molecule has 0 N–H and O–H groups in total. The number of hydrogen-bond acceptors (Lipinski definition) is 6. The van der Waals surface area contributed by atoms with Crippen LogP contribution in [-0.2, 0) is 0 Å². The summed E-state index contributed by atoms with van der Waals surface area (Å²) in [6, 6.07) is 17.2. The topological polar surface area (TPSA) is 78.7 Å². The largest absolute Gasteiger partial charge is 0.497 e. The number of carbonyl (C=O) groups excluding carboxylic acids is 1. The second-order valence-corrected chi connectivity index (χ2v) is 7.81. The molecule has 4 rings (SSSR count). The number of methoxy groups -OCH3 is 2. The Morgan fingerprint density at radius 1 is 1.00 bits per heavy atom. The zero-order valence-corrected chi connectivity index (χ0v) is 18.5.